The van der Waals surface area contributed by atoms with Crippen LogP contribution in [0.1, 0.15) is 31.7 Å². The Morgan fingerprint density at radius 2 is 2.10 bits per heavy atom. The molecule has 112 valence electrons. The first-order valence-electron chi connectivity index (χ1n) is 7.78. The summed E-state index contributed by atoms with van der Waals surface area (Å²) >= 11 is 0. The van der Waals surface area contributed by atoms with Crippen molar-refractivity contribution in [3.05, 3.63) is 29.8 Å². The molecular weight excluding hydrogens is 248 g/mol. The average molecular weight is 276 g/mol. The smallest absolute Gasteiger partial charge is 0.123 e. The van der Waals surface area contributed by atoms with Gasteiger partial charge in [0.1, 0.15) is 5.75 Å². The molecule has 1 aromatic carbocycles. The standard InChI is InChI=1S/C17H28N2O/c1-4-11-18-16(14-9-10-14)13-19(2)12-15-7-5-6-8-17(15)20-3/h5-8,14,16,18H,4,9-13H2,1-3H3. The van der Waals surface area contributed by atoms with E-state index in [0.29, 0.717) is 6.04 Å². The molecule has 1 saturated carbocycles. The highest BCUT2D eigenvalue weighted by molar-refractivity contribution is 5.33. The first-order chi connectivity index (χ1) is 9.74. The van der Waals surface area contributed by atoms with Crippen molar-refractivity contribution in [2.24, 2.45) is 5.92 Å². The summed E-state index contributed by atoms with van der Waals surface area (Å²) in [7, 11) is 3.95. The lowest BCUT2D eigenvalue weighted by Gasteiger charge is -2.25. The van der Waals surface area contributed by atoms with Crippen LogP contribution in [0.2, 0.25) is 0 Å². The van der Waals surface area contributed by atoms with Gasteiger partial charge in [-0.05, 0) is 44.8 Å². The Morgan fingerprint density at radius 3 is 2.75 bits per heavy atom. The quantitative estimate of drug-likeness (QED) is 0.750. The number of benzene rings is 1. The van der Waals surface area contributed by atoms with Gasteiger partial charge in [0.15, 0.2) is 0 Å². The van der Waals surface area contributed by atoms with E-state index in [1.54, 1.807) is 7.11 Å². The number of para-hydroxylation sites is 1. The zero-order valence-corrected chi connectivity index (χ0v) is 13.1. The first-order valence-corrected chi connectivity index (χ1v) is 7.78. The second-order valence-electron chi connectivity index (χ2n) is 5.91. The van der Waals surface area contributed by atoms with Gasteiger partial charge in [0.2, 0.25) is 0 Å². The number of hydrogen-bond donors (Lipinski definition) is 1. The van der Waals surface area contributed by atoms with Gasteiger partial charge in [-0.1, -0.05) is 25.1 Å². The lowest BCUT2D eigenvalue weighted by atomic mass is 10.1. The number of nitrogens with zero attached hydrogens (tertiary/aromatic N) is 1. The average Bonchev–Trinajstić information content (AvgIpc) is 3.28. The highest BCUT2D eigenvalue weighted by atomic mass is 16.5. The predicted octanol–water partition coefficient (Wildman–Crippen LogP) is 2.91. The zero-order chi connectivity index (χ0) is 14.4. The SMILES string of the molecule is CCCNC(CN(C)Cc1ccccc1OC)C1CC1. The predicted molar refractivity (Wildman–Crippen MR) is 84.1 cm³/mol. The molecule has 2 rings (SSSR count). The Morgan fingerprint density at radius 1 is 1.35 bits per heavy atom. The number of ether oxygens (including phenoxy) is 1. The van der Waals surface area contributed by atoms with Crippen LogP contribution in [0.15, 0.2) is 24.3 Å². The summed E-state index contributed by atoms with van der Waals surface area (Å²) in [6, 6.07) is 8.95. The lowest BCUT2D eigenvalue weighted by molar-refractivity contribution is 0.263. The number of nitrogens with one attached hydrogen (secondary N) is 1. The van der Waals surface area contributed by atoms with Crippen molar-refractivity contribution in [3.8, 4) is 5.75 Å². The van der Waals surface area contributed by atoms with E-state index in [9.17, 15) is 0 Å². The maximum Gasteiger partial charge on any atom is 0.123 e. The third kappa shape index (κ3) is 4.50. The van der Waals surface area contributed by atoms with Crippen LogP contribution >= 0.6 is 0 Å². The monoisotopic (exact) mass is 276 g/mol. The fourth-order valence-corrected chi connectivity index (χ4v) is 2.73. The molecule has 1 atom stereocenters. The molecule has 0 aromatic heterocycles. The van der Waals surface area contributed by atoms with Gasteiger partial charge in [0.25, 0.3) is 0 Å². The van der Waals surface area contributed by atoms with E-state index < -0.39 is 0 Å². The third-order valence-corrected chi connectivity index (χ3v) is 3.99. The molecule has 1 fully saturated rings. The van der Waals surface area contributed by atoms with E-state index in [2.05, 4.69) is 36.3 Å². The van der Waals surface area contributed by atoms with Gasteiger partial charge in [-0.2, -0.15) is 0 Å². The molecule has 1 aromatic rings. The fourth-order valence-electron chi connectivity index (χ4n) is 2.73. The van der Waals surface area contributed by atoms with Crippen LogP contribution in [0.25, 0.3) is 0 Å². The minimum absolute atomic E-state index is 0.648. The number of hydrogen-bond acceptors (Lipinski definition) is 3. The molecule has 20 heavy (non-hydrogen) atoms. The van der Waals surface area contributed by atoms with E-state index in [0.717, 1.165) is 31.3 Å². The summed E-state index contributed by atoms with van der Waals surface area (Å²) in [6.07, 6.45) is 3.99. The minimum Gasteiger partial charge on any atom is -0.496 e. The molecular formula is C17H28N2O. The molecule has 3 nitrogen and oxygen atoms in total. The van der Waals surface area contributed by atoms with Crippen molar-refractivity contribution < 1.29 is 4.74 Å². The van der Waals surface area contributed by atoms with Gasteiger partial charge < -0.3 is 15.0 Å². The van der Waals surface area contributed by atoms with E-state index in [4.69, 9.17) is 4.74 Å². The second kappa shape index (κ2) is 7.65. The molecule has 0 aliphatic heterocycles. The van der Waals surface area contributed by atoms with Crippen LogP contribution in [0.5, 0.6) is 5.75 Å². The number of rotatable bonds is 9. The normalized spacial score (nSPS) is 16.4. The van der Waals surface area contributed by atoms with Gasteiger partial charge in [0.05, 0.1) is 7.11 Å². The molecule has 0 amide bonds. The summed E-state index contributed by atoms with van der Waals surface area (Å²) in [6.45, 7) is 5.42. The molecule has 1 unspecified atom stereocenters. The van der Waals surface area contributed by atoms with Gasteiger partial charge >= 0.3 is 0 Å². The van der Waals surface area contributed by atoms with Crippen molar-refractivity contribution in [1.29, 1.82) is 0 Å². The largest absolute Gasteiger partial charge is 0.496 e. The van der Waals surface area contributed by atoms with Crippen molar-refractivity contribution in [2.75, 3.05) is 27.2 Å². The molecule has 0 heterocycles. The molecule has 0 bridgehead atoms. The van der Waals surface area contributed by atoms with Crippen LogP contribution in [0.3, 0.4) is 0 Å². The van der Waals surface area contributed by atoms with Gasteiger partial charge in [-0.3, -0.25) is 0 Å². The summed E-state index contributed by atoms with van der Waals surface area (Å²) in [4.78, 5) is 2.41. The fraction of sp³-hybridized carbons (Fsp3) is 0.647. The molecule has 3 heteroatoms. The molecule has 0 radical (unpaired) electrons. The highest BCUT2D eigenvalue weighted by Crippen LogP contribution is 2.33. The van der Waals surface area contributed by atoms with Crippen molar-refractivity contribution >= 4 is 0 Å². The zero-order valence-electron chi connectivity index (χ0n) is 13.1. The first kappa shape index (κ1) is 15.3. The summed E-state index contributed by atoms with van der Waals surface area (Å²) in [5.74, 6) is 1.88. The highest BCUT2D eigenvalue weighted by Gasteiger charge is 2.31. The van der Waals surface area contributed by atoms with Crippen LogP contribution in [-0.2, 0) is 6.54 Å². The van der Waals surface area contributed by atoms with E-state index >= 15 is 0 Å². The Balaban J connectivity index is 1.88. The summed E-state index contributed by atoms with van der Waals surface area (Å²) < 4.78 is 5.43. The van der Waals surface area contributed by atoms with Crippen LogP contribution in [-0.4, -0.2) is 38.2 Å². The topological polar surface area (TPSA) is 24.5 Å². The summed E-state index contributed by atoms with van der Waals surface area (Å²) in [5.41, 5.74) is 1.27. The van der Waals surface area contributed by atoms with Crippen LogP contribution < -0.4 is 10.1 Å². The lowest BCUT2D eigenvalue weighted by Crippen LogP contribution is -2.41. The third-order valence-electron chi connectivity index (χ3n) is 3.99. The van der Waals surface area contributed by atoms with Gasteiger partial charge in [0, 0.05) is 24.7 Å². The van der Waals surface area contributed by atoms with Crippen molar-refractivity contribution in [1.82, 2.24) is 10.2 Å². The molecule has 0 spiro atoms. The second-order valence-corrected chi connectivity index (χ2v) is 5.91. The van der Waals surface area contributed by atoms with Crippen molar-refractivity contribution in [2.45, 2.75) is 38.8 Å². The van der Waals surface area contributed by atoms with Crippen LogP contribution in [0, 0.1) is 5.92 Å². The maximum atomic E-state index is 5.43. The van der Waals surface area contributed by atoms with E-state index in [1.807, 2.05) is 12.1 Å². The number of methoxy groups -OCH3 is 1. The number of likely N-dealkylation sites (N-methyl/N-ethyl adjacent to an activating group) is 1. The molecule has 1 N–H and O–H groups in total. The van der Waals surface area contributed by atoms with Gasteiger partial charge in [-0.15, -0.1) is 0 Å². The van der Waals surface area contributed by atoms with E-state index in [1.165, 1.54) is 24.8 Å². The van der Waals surface area contributed by atoms with Crippen LogP contribution in [0.4, 0.5) is 0 Å². The Labute approximate surface area is 123 Å². The Kier molecular flexibility index (Phi) is 5.86. The molecule has 0 saturated heterocycles. The van der Waals surface area contributed by atoms with Crippen molar-refractivity contribution in [3.63, 3.8) is 0 Å². The van der Waals surface area contributed by atoms with Gasteiger partial charge in [-0.25, -0.2) is 0 Å². The maximum absolute atomic E-state index is 5.43. The molecule has 1 aliphatic rings. The summed E-state index contributed by atoms with van der Waals surface area (Å²) in [5, 5.41) is 3.70. The Hall–Kier alpha value is -1.06. The minimum atomic E-state index is 0.648. The Bertz CT molecular complexity index is 404. The molecule has 1 aliphatic carbocycles. The van der Waals surface area contributed by atoms with E-state index in [-0.39, 0.29) is 0 Å².